The molecule has 102 valence electrons. The molecule has 0 saturated carbocycles. The number of pyridine rings is 1. The van der Waals surface area contributed by atoms with Crippen LogP contribution in [0.3, 0.4) is 0 Å². The largest absolute Gasteiger partial charge is 0.496 e. The molecule has 3 rings (SSSR count). The van der Waals surface area contributed by atoms with Crippen LogP contribution in [0, 0.1) is 0 Å². The molecular weight excluding hydrogens is 250 g/mol. The number of hydrogen-bond acceptors (Lipinski definition) is 3. The Kier molecular flexibility index (Phi) is 3.39. The van der Waals surface area contributed by atoms with Crippen molar-refractivity contribution in [1.29, 1.82) is 0 Å². The van der Waals surface area contributed by atoms with Crippen molar-refractivity contribution in [3.8, 4) is 5.75 Å². The quantitative estimate of drug-likeness (QED) is 0.790. The van der Waals surface area contributed by atoms with Gasteiger partial charge in [0.05, 0.1) is 24.9 Å². The van der Waals surface area contributed by atoms with Gasteiger partial charge in [-0.3, -0.25) is 0 Å². The third-order valence-corrected chi connectivity index (χ3v) is 3.51. The van der Waals surface area contributed by atoms with Gasteiger partial charge in [0, 0.05) is 17.3 Å². The third-order valence-electron chi connectivity index (χ3n) is 3.51. The van der Waals surface area contributed by atoms with E-state index < -0.39 is 0 Å². The van der Waals surface area contributed by atoms with Crippen LogP contribution in [0.15, 0.2) is 54.9 Å². The lowest BCUT2D eigenvalue weighted by Gasteiger charge is -2.18. The van der Waals surface area contributed by atoms with Crippen LogP contribution in [0.1, 0.15) is 17.2 Å². The number of benzene rings is 1. The molecule has 1 atom stereocenters. The zero-order valence-electron chi connectivity index (χ0n) is 11.6. The molecule has 2 aromatic heterocycles. The lowest BCUT2D eigenvalue weighted by molar-refractivity contribution is 0.405. The van der Waals surface area contributed by atoms with Gasteiger partial charge >= 0.3 is 0 Å². The van der Waals surface area contributed by atoms with E-state index in [9.17, 15) is 0 Å². The Morgan fingerprint density at radius 1 is 1.10 bits per heavy atom. The monoisotopic (exact) mass is 267 g/mol. The minimum Gasteiger partial charge on any atom is -0.496 e. The lowest BCUT2D eigenvalue weighted by Crippen LogP contribution is -2.18. The number of para-hydroxylation sites is 1. The Morgan fingerprint density at radius 2 is 1.90 bits per heavy atom. The molecular formula is C16H17N3O. The molecule has 0 spiro atoms. The summed E-state index contributed by atoms with van der Waals surface area (Å²) in [5, 5.41) is 7.76. The van der Waals surface area contributed by atoms with Crippen molar-refractivity contribution in [2.24, 2.45) is 0 Å². The fourth-order valence-corrected chi connectivity index (χ4v) is 2.56. The molecule has 0 aliphatic heterocycles. The summed E-state index contributed by atoms with van der Waals surface area (Å²) >= 11 is 0. The Balaban J connectivity index is 2.14. The summed E-state index contributed by atoms with van der Waals surface area (Å²) in [6, 6.07) is 14.2. The Hall–Kier alpha value is -2.33. The summed E-state index contributed by atoms with van der Waals surface area (Å²) in [5.74, 6) is 0.877. The fourth-order valence-electron chi connectivity index (χ4n) is 2.56. The Bertz CT molecular complexity index is 720. The van der Waals surface area contributed by atoms with E-state index in [2.05, 4.69) is 22.5 Å². The normalized spacial score (nSPS) is 12.5. The maximum Gasteiger partial charge on any atom is 0.123 e. The van der Waals surface area contributed by atoms with Crippen LogP contribution in [0.25, 0.3) is 5.52 Å². The highest BCUT2D eigenvalue weighted by molar-refractivity contribution is 5.58. The van der Waals surface area contributed by atoms with Gasteiger partial charge in [-0.05, 0) is 25.2 Å². The molecule has 1 aromatic carbocycles. The summed E-state index contributed by atoms with van der Waals surface area (Å²) in [4.78, 5) is 0. The van der Waals surface area contributed by atoms with Gasteiger partial charge in [-0.2, -0.15) is 5.10 Å². The minimum absolute atomic E-state index is 0.0473. The Labute approximate surface area is 118 Å². The summed E-state index contributed by atoms with van der Waals surface area (Å²) in [7, 11) is 3.64. The fraction of sp³-hybridized carbons (Fsp3) is 0.188. The van der Waals surface area contributed by atoms with Crippen LogP contribution in [0.4, 0.5) is 0 Å². The van der Waals surface area contributed by atoms with Crippen molar-refractivity contribution < 1.29 is 4.74 Å². The van der Waals surface area contributed by atoms with Crippen molar-refractivity contribution in [2.45, 2.75) is 6.04 Å². The molecule has 0 saturated heterocycles. The second-order valence-electron chi connectivity index (χ2n) is 4.59. The maximum absolute atomic E-state index is 5.47. The number of nitrogens with zero attached hydrogens (tertiary/aromatic N) is 2. The van der Waals surface area contributed by atoms with Crippen LogP contribution in [-0.4, -0.2) is 23.8 Å². The average molecular weight is 267 g/mol. The van der Waals surface area contributed by atoms with E-state index in [-0.39, 0.29) is 6.04 Å². The highest BCUT2D eigenvalue weighted by Gasteiger charge is 2.19. The number of hydrogen-bond donors (Lipinski definition) is 1. The zero-order chi connectivity index (χ0) is 13.9. The van der Waals surface area contributed by atoms with Crippen LogP contribution in [0.2, 0.25) is 0 Å². The van der Waals surface area contributed by atoms with Crippen LogP contribution < -0.4 is 10.1 Å². The number of fused-ring (bicyclic) bond motifs is 1. The highest BCUT2D eigenvalue weighted by Crippen LogP contribution is 2.31. The molecule has 2 heterocycles. The first-order valence-corrected chi connectivity index (χ1v) is 6.57. The van der Waals surface area contributed by atoms with Crippen molar-refractivity contribution in [1.82, 2.24) is 14.9 Å². The second-order valence-corrected chi connectivity index (χ2v) is 4.59. The van der Waals surface area contributed by atoms with E-state index in [4.69, 9.17) is 4.74 Å². The predicted octanol–water partition coefficient (Wildman–Crippen LogP) is 2.65. The van der Waals surface area contributed by atoms with E-state index in [1.807, 2.05) is 54.3 Å². The molecule has 20 heavy (non-hydrogen) atoms. The van der Waals surface area contributed by atoms with Gasteiger partial charge in [0.1, 0.15) is 5.75 Å². The lowest BCUT2D eigenvalue weighted by atomic mass is 9.99. The van der Waals surface area contributed by atoms with E-state index in [1.165, 1.54) is 0 Å². The summed E-state index contributed by atoms with van der Waals surface area (Å²) in [6.45, 7) is 0. The molecule has 1 unspecified atom stereocenters. The molecule has 0 aliphatic rings. The number of nitrogens with one attached hydrogen (secondary N) is 1. The predicted molar refractivity (Wildman–Crippen MR) is 79.1 cm³/mol. The van der Waals surface area contributed by atoms with E-state index in [0.717, 1.165) is 22.4 Å². The first-order chi connectivity index (χ1) is 9.85. The summed E-state index contributed by atoms with van der Waals surface area (Å²) in [6.07, 6.45) is 3.86. The first kappa shape index (κ1) is 12.7. The third kappa shape index (κ3) is 2.04. The SMILES string of the molecule is CNC(c1ccccc1OC)c1cnn2ccccc12. The first-order valence-electron chi connectivity index (χ1n) is 6.57. The summed E-state index contributed by atoms with van der Waals surface area (Å²) < 4.78 is 7.36. The van der Waals surface area contributed by atoms with Crippen molar-refractivity contribution >= 4 is 5.52 Å². The van der Waals surface area contributed by atoms with Gasteiger partial charge in [-0.25, -0.2) is 4.52 Å². The molecule has 4 heteroatoms. The number of aromatic nitrogens is 2. The molecule has 0 bridgehead atoms. The van der Waals surface area contributed by atoms with Crippen molar-refractivity contribution in [3.63, 3.8) is 0 Å². The van der Waals surface area contributed by atoms with E-state index in [1.54, 1.807) is 7.11 Å². The van der Waals surface area contributed by atoms with Gasteiger partial charge < -0.3 is 10.1 Å². The van der Waals surface area contributed by atoms with Gasteiger partial charge in [-0.15, -0.1) is 0 Å². The molecule has 3 aromatic rings. The molecule has 0 aliphatic carbocycles. The second kappa shape index (κ2) is 5.35. The molecule has 0 amide bonds. The highest BCUT2D eigenvalue weighted by atomic mass is 16.5. The number of ether oxygens (including phenoxy) is 1. The van der Waals surface area contributed by atoms with Crippen molar-refractivity contribution in [2.75, 3.05) is 14.2 Å². The van der Waals surface area contributed by atoms with Crippen molar-refractivity contribution in [3.05, 3.63) is 66.0 Å². The summed E-state index contributed by atoms with van der Waals surface area (Å²) in [5.41, 5.74) is 3.34. The van der Waals surface area contributed by atoms with Crippen LogP contribution in [-0.2, 0) is 0 Å². The molecule has 4 nitrogen and oxygen atoms in total. The van der Waals surface area contributed by atoms with E-state index >= 15 is 0 Å². The Morgan fingerprint density at radius 3 is 2.70 bits per heavy atom. The molecule has 0 radical (unpaired) electrons. The number of methoxy groups -OCH3 is 1. The zero-order valence-corrected chi connectivity index (χ0v) is 11.6. The molecule has 1 N–H and O–H groups in total. The van der Waals surface area contributed by atoms with Gasteiger partial charge in [0.2, 0.25) is 0 Å². The topological polar surface area (TPSA) is 38.6 Å². The minimum atomic E-state index is 0.0473. The van der Waals surface area contributed by atoms with Gasteiger partial charge in [-0.1, -0.05) is 24.3 Å². The van der Waals surface area contributed by atoms with Gasteiger partial charge in [0.25, 0.3) is 0 Å². The van der Waals surface area contributed by atoms with E-state index in [0.29, 0.717) is 0 Å². The molecule has 0 fully saturated rings. The smallest absolute Gasteiger partial charge is 0.123 e. The number of rotatable bonds is 4. The van der Waals surface area contributed by atoms with Gasteiger partial charge in [0.15, 0.2) is 0 Å². The van der Waals surface area contributed by atoms with Crippen LogP contribution >= 0.6 is 0 Å². The van der Waals surface area contributed by atoms with Crippen LogP contribution in [0.5, 0.6) is 5.75 Å². The standard InChI is InChI=1S/C16H17N3O/c1-17-16(12-7-3-4-9-15(12)20-2)13-11-18-19-10-6-5-8-14(13)19/h3-11,16-17H,1-2H3. The maximum atomic E-state index is 5.47. The average Bonchev–Trinajstić information content (AvgIpc) is 2.93.